The summed E-state index contributed by atoms with van der Waals surface area (Å²) in [6.45, 7) is 0.765. The number of carbonyl (C=O) groups excluding carboxylic acids is 1. The molecule has 0 saturated heterocycles. The van der Waals surface area contributed by atoms with Crippen LogP contribution in [0.4, 0.5) is 0 Å². The highest BCUT2D eigenvalue weighted by molar-refractivity contribution is 9.10. The molecule has 3 aromatic rings. The van der Waals surface area contributed by atoms with Crippen LogP contribution in [0.1, 0.15) is 21.6 Å². The summed E-state index contributed by atoms with van der Waals surface area (Å²) >= 11 is 5.21. The van der Waals surface area contributed by atoms with Crippen LogP contribution in [0.15, 0.2) is 46.4 Å². The van der Waals surface area contributed by atoms with Crippen molar-refractivity contribution in [2.45, 2.75) is 13.1 Å². The van der Waals surface area contributed by atoms with Gasteiger partial charge in [-0.05, 0) is 50.0 Å². The molecule has 2 heterocycles. The third-order valence-electron chi connectivity index (χ3n) is 3.40. The Bertz CT molecular complexity index is 831. The fourth-order valence-corrected chi connectivity index (χ4v) is 3.90. The van der Waals surface area contributed by atoms with Gasteiger partial charge < -0.3 is 11.1 Å². The number of nitrogens with zero attached hydrogens (tertiary/aromatic N) is 1. The number of rotatable bonds is 4. The van der Waals surface area contributed by atoms with E-state index in [0.717, 1.165) is 21.0 Å². The zero-order chi connectivity index (χ0) is 15.5. The number of nitrogens with one attached hydrogen (secondary N) is 1. The third-order valence-corrected chi connectivity index (χ3v) is 5.40. The van der Waals surface area contributed by atoms with Gasteiger partial charge in [-0.3, -0.25) is 9.78 Å². The third kappa shape index (κ3) is 2.90. The predicted molar refractivity (Wildman–Crippen MR) is 92.8 cm³/mol. The van der Waals surface area contributed by atoms with Crippen molar-refractivity contribution in [1.82, 2.24) is 10.3 Å². The molecule has 0 unspecified atom stereocenters. The van der Waals surface area contributed by atoms with Crippen LogP contribution in [-0.2, 0) is 13.1 Å². The van der Waals surface area contributed by atoms with Crippen LogP contribution >= 0.6 is 27.3 Å². The number of carbonyl (C=O) groups is 1. The summed E-state index contributed by atoms with van der Waals surface area (Å²) in [7, 11) is 0. The predicted octanol–water partition coefficient (Wildman–Crippen LogP) is 3.45. The van der Waals surface area contributed by atoms with Crippen molar-refractivity contribution >= 4 is 43.3 Å². The lowest BCUT2D eigenvalue weighted by atomic mass is 10.1. The lowest BCUT2D eigenvalue weighted by Crippen LogP contribution is -2.25. The maximum Gasteiger partial charge on any atom is 0.270 e. The molecule has 112 valence electrons. The van der Waals surface area contributed by atoms with Crippen molar-refractivity contribution in [3.8, 4) is 0 Å². The van der Waals surface area contributed by atoms with E-state index in [1.54, 1.807) is 23.6 Å². The molecule has 0 fully saturated rings. The molecule has 3 N–H and O–H groups in total. The summed E-state index contributed by atoms with van der Waals surface area (Å²) in [6.07, 6.45) is 1.60. The second-order valence-electron chi connectivity index (χ2n) is 4.78. The Labute approximate surface area is 140 Å². The van der Waals surface area contributed by atoms with Crippen molar-refractivity contribution in [3.63, 3.8) is 0 Å². The summed E-state index contributed by atoms with van der Waals surface area (Å²) in [4.78, 5) is 16.4. The van der Waals surface area contributed by atoms with E-state index in [-0.39, 0.29) is 5.91 Å². The Balaban J connectivity index is 1.79. The molecule has 1 amide bonds. The van der Waals surface area contributed by atoms with Crippen LogP contribution in [0.2, 0.25) is 0 Å². The first kappa shape index (κ1) is 15.1. The van der Waals surface area contributed by atoms with E-state index in [4.69, 9.17) is 5.73 Å². The van der Waals surface area contributed by atoms with Gasteiger partial charge >= 0.3 is 0 Å². The number of hydrogen-bond donors (Lipinski definition) is 2. The molecule has 0 saturated carbocycles. The maximum absolute atomic E-state index is 12.3. The average Bonchev–Trinajstić information content (AvgIpc) is 2.97. The van der Waals surface area contributed by atoms with Gasteiger partial charge in [-0.1, -0.05) is 18.2 Å². The first-order valence-corrected chi connectivity index (χ1v) is 8.44. The van der Waals surface area contributed by atoms with Crippen molar-refractivity contribution in [2.24, 2.45) is 5.73 Å². The quantitative estimate of drug-likeness (QED) is 0.733. The van der Waals surface area contributed by atoms with Crippen molar-refractivity contribution < 1.29 is 4.79 Å². The Kier molecular flexibility index (Phi) is 4.52. The molecular formula is C16H14BrN3OS. The van der Waals surface area contributed by atoms with E-state index in [9.17, 15) is 4.79 Å². The van der Waals surface area contributed by atoms with E-state index < -0.39 is 0 Å². The molecule has 0 aliphatic rings. The molecule has 22 heavy (non-hydrogen) atoms. The molecule has 0 aliphatic carbocycles. The number of thiophene rings is 1. The summed E-state index contributed by atoms with van der Waals surface area (Å²) in [5.74, 6) is -0.199. The molecule has 6 heteroatoms. The van der Waals surface area contributed by atoms with Gasteiger partial charge in [0.2, 0.25) is 0 Å². The minimum absolute atomic E-state index is 0.199. The van der Waals surface area contributed by atoms with Crippen molar-refractivity contribution in [3.05, 3.63) is 63.2 Å². The number of pyridine rings is 1. The van der Waals surface area contributed by atoms with Gasteiger partial charge in [0.25, 0.3) is 5.91 Å². The summed E-state index contributed by atoms with van der Waals surface area (Å²) in [6, 6.07) is 9.67. The first-order chi connectivity index (χ1) is 10.7. The fourth-order valence-electron chi connectivity index (χ4n) is 2.28. The van der Waals surface area contributed by atoms with E-state index in [1.165, 1.54) is 4.70 Å². The van der Waals surface area contributed by atoms with Gasteiger partial charge in [0.15, 0.2) is 0 Å². The standard InChI is InChI=1S/C16H14BrN3OS/c17-13-5-1-4-12-11(9-22-15(12)13)8-20-16(21)14-10(7-18)3-2-6-19-14/h1-6,9H,7-8,18H2,(H,20,21). The zero-order valence-electron chi connectivity index (χ0n) is 11.7. The number of fused-ring (bicyclic) bond motifs is 1. The molecule has 0 aliphatic heterocycles. The van der Waals surface area contributed by atoms with Crippen LogP contribution in [0, 0.1) is 0 Å². The monoisotopic (exact) mass is 375 g/mol. The summed E-state index contributed by atoms with van der Waals surface area (Å²) in [5.41, 5.74) is 7.89. The SMILES string of the molecule is NCc1cccnc1C(=O)NCc1csc2c(Br)cccc12. The number of benzene rings is 1. The van der Waals surface area contributed by atoms with Gasteiger partial charge in [0.05, 0.1) is 0 Å². The van der Waals surface area contributed by atoms with E-state index in [0.29, 0.717) is 18.8 Å². The van der Waals surface area contributed by atoms with Gasteiger partial charge in [-0.25, -0.2) is 0 Å². The van der Waals surface area contributed by atoms with Crippen molar-refractivity contribution in [2.75, 3.05) is 0 Å². The number of aromatic nitrogens is 1. The van der Waals surface area contributed by atoms with E-state index in [1.807, 2.05) is 18.2 Å². The molecule has 2 aromatic heterocycles. The molecule has 4 nitrogen and oxygen atoms in total. The second kappa shape index (κ2) is 6.56. The zero-order valence-corrected chi connectivity index (χ0v) is 14.1. The highest BCUT2D eigenvalue weighted by Crippen LogP contribution is 2.32. The minimum Gasteiger partial charge on any atom is -0.347 e. The van der Waals surface area contributed by atoms with Gasteiger partial charge in [0.1, 0.15) is 5.69 Å². The van der Waals surface area contributed by atoms with Crippen LogP contribution in [0.25, 0.3) is 10.1 Å². The minimum atomic E-state index is -0.199. The molecule has 0 bridgehead atoms. The molecule has 3 rings (SSSR count). The highest BCUT2D eigenvalue weighted by Gasteiger charge is 2.13. The number of amides is 1. The van der Waals surface area contributed by atoms with E-state index in [2.05, 4.69) is 37.7 Å². The molecule has 1 aromatic carbocycles. The normalized spacial score (nSPS) is 10.8. The maximum atomic E-state index is 12.3. The number of halogens is 1. The van der Waals surface area contributed by atoms with Crippen molar-refractivity contribution in [1.29, 1.82) is 0 Å². The summed E-state index contributed by atoms with van der Waals surface area (Å²) in [5, 5.41) is 6.14. The van der Waals surface area contributed by atoms with Crippen LogP contribution in [0.3, 0.4) is 0 Å². The van der Waals surface area contributed by atoms with Crippen LogP contribution in [-0.4, -0.2) is 10.9 Å². The van der Waals surface area contributed by atoms with Crippen LogP contribution in [0.5, 0.6) is 0 Å². The number of hydrogen-bond acceptors (Lipinski definition) is 4. The lowest BCUT2D eigenvalue weighted by Gasteiger charge is -2.07. The van der Waals surface area contributed by atoms with Gasteiger partial charge in [-0.15, -0.1) is 11.3 Å². The first-order valence-electron chi connectivity index (χ1n) is 6.77. The molecule has 0 spiro atoms. The Morgan fingerprint density at radius 1 is 1.27 bits per heavy atom. The lowest BCUT2D eigenvalue weighted by molar-refractivity contribution is 0.0945. The molecule has 0 atom stereocenters. The fraction of sp³-hybridized carbons (Fsp3) is 0.125. The molecular weight excluding hydrogens is 362 g/mol. The molecule has 0 radical (unpaired) electrons. The van der Waals surface area contributed by atoms with E-state index >= 15 is 0 Å². The smallest absolute Gasteiger partial charge is 0.270 e. The largest absolute Gasteiger partial charge is 0.347 e. The van der Waals surface area contributed by atoms with Gasteiger partial charge in [-0.2, -0.15) is 0 Å². The second-order valence-corrected chi connectivity index (χ2v) is 6.51. The summed E-state index contributed by atoms with van der Waals surface area (Å²) < 4.78 is 2.26. The topological polar surface area (TPSA) is 68.0 Å². The highest BCUT2D eigenvalue weighted by atomic mass is 79.9. The van der Waals surface area contributed by atoms with Crippen LogP contribution < -0.4 is 11.1 Å². The number of nitrogens with two attached hydrogens (primary N) is 1. The Hall–Kier alpha value is -1.76. The Morgan fingerprint density at radius 3 is 2.95 bits per heavy atom. The van der Waals surface area contributed by atoms with Gasteiger partial charge in [0, 0.05) is 28.5 Å². The average molecular weight is 376 g/mol. The Morgan fingerprint density at radius 2 is 2.14 bits per heavy atom.